The topological polar surface area (TPSA) is 67.2 Å². The molecule has 0 saturated carbocycles. The molecular weight excluding hydrogens is 364 g/mol. The predicted molar refractivity (Wildman–Crippen MR) is 113 cm³/mol. The van der Waals surface area contributed by atoms with Crippen molar-refractivity contribution in [1.29, 1.82) is 0 Å². The van der Waals surface area contributed by atoms with Crippen LogP contribution in [0.5, 0.6) is 0 Å². The third kappa shape index (κ3) is 5.68. The van der Waals surface area contributed by atoms with Gasteiger partial charge in [-0.3, -0.25) is 9.59 Å². The van der Waals surface area contributed by atoms with E-state index in [-0.39, 0.29) is 23.1 Å². The molecule has 0 atom stereocenters. The Morgan fingerprint density at radius 2 is 1.83 bits per heavy atom. The van der Waals surface area contributed by atoms with Gasteiger partial charge < -0.3 is 14.8 Å². The Morgan fingerprint density at radius 1 is 1.14 bits per heavy atom. The monoisotopic (exact) mass is 396 g/mol. The summed E-state index contributed by atoms with van der Waals surface area (Å²) in [5.41, 5.74) is 0.865. The third-order valence-electron chi connectivity index (χ3n) is 5.44. The molecule has 0 radical (unpaired) electrons. The second-order valence-electron chi connectivity index (χ2n) is 8.81. The van der Waals surface area contributed by atoms with Crippen LogP contribution in [0.15, 0.2) is 42.7 Å². The minimum Gasteiger partial charge on any atom is -0.355 e. The predicted octanol–water partition coefficient (Wildman–Crippen LogP) is 2.87. The molecule has 2 amide bonds. The molecule has 1 saturated heterocycles. The first-order valence-electron chi connectivity index (χ1n) is 10.5. The highest BCUT2D eigenvalue weighted by Crippen LogP contribution is 2.23. The fraction of sp³-hybridized carbons (Fsp3) is 0.522. The molecule has 6 nitrogen and oxygen atoms in total. The summed E-state index contributed by atoms with van der Waals surface area (Å²) in [5, 5.41) is 3.06. The number of likely N-dealkylation sites (tertiary alicyclic amines) is 1. The van der Waals surface area contributed by atoms with E-state index in [1.54, 1.807) is 0 Å². The van der Waals surface area contributed by atoms with E-state index in [1.165, 1.54) is 5.56 Å². The maximum atomic E-state index is 12.5. The number of piperidine rings is 1. The highest BCUT2D eigenvalue weighted by Gasteiger charge is 2.32. The molecule has 0 spiro atoms. The van der Waals surface area contributed by atoms with Gasteiger partial charge in [0.25, 0.3) is 0 Å². The molecule has 1 aliphatic heterocycles. The Morgan fingerprint density at radius 3 is 2.48 bits per heavy atom. The number of amides is 2. The molecular formula is C23H32N4O2. The van der Waals surface area contributed by atoms with Gasteiger partial charge in [0.1, 0.15) is 5.82 Å². The molecule has 1 fully saturated rings. The van der Waals surface area contributed by atoms with E-state index >= 15 is 0 Å². The van der Waals surface area contributed by atoms with Gasteiger partial charge in [0, 0.05) is 56.3 Å². The van der Waals surface area contributed by atoms with Gasteiger partial charge in [-0.05, 0) is 18.4 Å². The first-order valence-corrected chi connectivity index (χ1v) is 10.5. The minimum absolute atomic E-state index is 0.0110. The quantitative estimate of drug-likeness (QED) is 0.816. The van der Waals surface area contributed by atoms with Crippen molar-refractivity contribution in [3.63, 3.8) is 0 Å². The molecule has 2 aromatic rings. The molecule has 6 heteroatoms. The summed E-state index contributed by atoms with van der Waals surface area (Å²) in [6.45, 7) is 8.50. The van der Waals surface area contributed by atoms with Gasteiger partial charge >= 0.3 is 0 Å². The van der Waals surface area contributed by atoms with Crippen LogP contribution in [0.2, 0.25) is 0 Å². The number of nitrogens with one attached hydrogen (secondary N) is 1. The van der Waals surface area contributed by atoms with Gasteiger partial charge in [0.05, 0.1) is 0 Å². The number of imidazole rings is 1. The number of nitrogens with zero attached hydrogens (tertiary/aromatic N) is 3. The van der Waals surface area contributed by atoms with Crippen LogP contribution < -0.4 is 5.32 Å². The highest BCUT2D eigenvalue weighted by atomic mass is 16.2. The van der Waals surface area contributed by atoms with Crippen molar-refractivity contribution in [3.8, 4) is 0 Å². The second kappa shape index (κ2) is 9.25. The summed E-state index contributed by atoms with van der Waals surface area (Å²) < 4.78 is 2.12. The lowest BCUT2D eigenvalue weighted by Gasteiger charge is -2.35. The summed E-state index contributed by atoms with van der Waals surface area (Å²) in [6.07, 6.45) is 5.95. The Kier molecular flexibility index (Phi) is 6.72. The lowest BCUT2D eigenvalue weighted by molar-refractivity contribution is -0.142. The molecule has 29 heavy (non-hydrogen) atoms. The van der Waals surface area contributed by atoms with Crippen LogP contribution in [-0.2, 0) is 22.6 Å². The molecule has 1 aromatic heterocycles. The summed E-state index contributed by atoms with van der Waals surface area (Å²) in [4.78, 5) is 31.2. The molecule has 0 bridgehead atoms. The van der Waals surface area contributed by atoms with Gasteiger partial charge in [0.15, 0.2) is 0 Å². The van der Waals surface area contributed by atoms with Crippen LogP contribution in [0.4, 0.5) is 0 Å². The van der Waals surface area contributed by atoms with E-state index in [4.69, 9.17) is 0 Å². The smallest absolute Gasteiger partial charge is 0.227 e. The lowest BCUT2D eigenvalue weighted by Crippen LogP contribution is -2.46. The fourth-order valence-corrected chi connectivity index (χ4v) is 3.75. The van der Waals surface area contributed by atoms with E-state index in [2.05, 4.69) is 27.0 Å². The van der Waals surface area contributed by atoms with Crippen LogP contribution in [0, 0.1) is 11.3 Å². The SMILES string of the molecule is CC(C)(C)C(=O)N1CCC(C(=O)NCCc2nccn2Cc2ccccc2)CC1. The summed E-state index contributed by atoms with van der Waals surface area (Å²) in [5.74, 6) is 1.22. The Balaban J connectivity index is 1.43. The Labute approximate surface area is 173 Å². The molecule has 1 N–H and O–H groups in total. The van der Waals surface area contributed by atoms with Crippen molar-refractivity contribution in [1.82, 2.24) is 19.8 Å². The van der Waals surface area contributed by atoms with Crippen LogP contribution in [0.3, 0.4) is 0 Å². The van der Waals surface area contributed by atoms with Gasteiger partial charge in [-0.2, -0.15) is 0 Å². The first kappa shape index (κ1) is 21.1. The molecule has 0 unspecified atom stereocenters. The second-order valence-corrected chi connectivity index (χ2v) is 8.81. The Hall–Kier alpha value is -2.63. The van der Waals surface area contributed by atoms with Crippen LogP contribution in [0.1, 0.15) is 45.0 Å². The van der Waals surface area contributed by atoms with Crippen molar-refractivity contribution < 1.29 is 9.59 Å². The summed E-state index contributed by atoms with van der Waals surface area (Å²) in [7, 11) is 0. The molecule has 3 rings (SSSR count). The van der Waals surface area contributed by atoms with E-state index < -0.39 is 0 Å². The standard InChI is InChI=1S/C23H32N4O2/c1-23(2,3)22(29)26-14-10-19(11-15-26)21(28)25-12-9-20-24-13-16-27(20)17-18-7-5-4-6-8-18/h4-8,13,16,19H,9-12,14-15,17H2,1-3H3,(H,25,28). The number of benzene rings is 1. The number of rotatable bonds is 6. The number of hydrogen-bond donors (Lipinski definition) is 1. The first-order chi connectivity index (χ1) is 13.8. The zero-order valence-corrected chi connectivity index (χ0v) is 17.7. The normalized spacial score (nSPS) is 15.3. The lowest BCUT2D eigenvalue weighted by atomic mass is 9.90. The van der Waals surface area contributed by atoms with Gasteiger partial charge in [0.2, 0.25) is 11.8 Å². The fourth-order valence-electron chi connectivity index (χ4n) is 3.75. The number of carbonyl (C=O) groups excluding carboxylic acids is 2. The third-order valence-corrected chi connectivity index (χ3v) is 5.44. The molecule has 1 aliphatic rings. The summed E-state index contributed by atoms with van der Waals surface area (Å²) >= 11 is 0. The number of hydrogen-bond acceptors (Lipinski definition) is 3. The average Bonchev–Trinajstić information content (AvgIpc) is 3.14. The maximum absolute atomic E-state index is 12.5. The van der Waals surface area contributed by atoms with Crippen molar-refractivity contribution in [2.45, 2.75) is 46.6 Å². The van der Waals surface area contributed by atoms with Crippen molar-refractivity contribution in [3.05, 3.63) is 54.1 Å². The number of carbonyl (C=O) groups is 2. The van der Waals surface area contributed by atoms with Crippen molar-refractivity contribution >= 4 is 11.8 Å². The summed E-state index contributed by atoms with van der Waals surface area (Å²) in [6, 6.07) is 10.3. The average molecular weight is 397 g/mol. The van der Waals surface area contributed by atoms with E-state index in [0.29, 0.717) is 26.1 Å². The van der Waals surface area contributed by atoms with E-state index in [1.807, 2.05) is 56.3 Å². The molecule has 1 aromatic carbocycles. The molecule has 2 heterocycles. The molecule has 156 valence electrons. The zero-order chi connectivity index (χ0) is 20.9. The van der Waals surface area contributed by atoms with Crippen LogP contribution >= 0.6 is 0 Å². The Bertz CT molecular complexity index is 815. The molecule has 0 aliphatic carbocycles. The highest BCUT2D eigenvalue weighted by molar-refractivity contribution is 5.82. The van der Waals surface area contributed by atoms with E-state index in [9.17, 15) is 9.59 Å². The number of aromatic nitrogens is 2. The zero-order valence-electron chi connectivity index (χ0n) is 17.7. The van der Waals surface area contributed by atoms with Gasteiger partial charge in [-0.25, -0.2) is 4.98 Å². The van der Waals surface area contributed by atoms with Gasteiger partial charge in [-0.15, -0.1) is 0 Å². The van der Waals surface area contributed by atoms with Gasteiger partial charge in [-0.1, -0.05) is 51.1 Å². The van der Waals surface area contributed by atoms with Crippen molar-refractivity contribution in [2.24, 2.45) is 11.3 Å². The largest absolute Gasteiger partial charge is 0.355 e. The van der Waals surface area contributed by atoms with Crippen LogP contribution in [-0.4, -0.2) is 45.9 Å². The van der Waals surface area contributed by atoms with Crippen molar-refractivity contribution in [2.75, 3.05) is 19.6 Å². The maximum Gasteiger partial charge on any atom is 0.227 e. The minimum atomic E-state index is -0.364. The van der Waals surface area contributed by atoms with E-state index in [0.717, 1.165) is 25.2 Å². The van der Waals surface area contributed by atoms with Crippen LogP contribution in [0.25, 0.3) is 0 Å².